The molecule has 1 aliphatic heterocycles. The third-order valence-corrected chi connectivity index (χ3v) is 1.87. The van der Waals surface area contributed by atoms with Crippen LogP contribution in [0.15, 0.2) is 0 Å². The molecule has 0 atom stereocenters. The minimum atomic E-state index is 0.912. The molecule has 1 rings (SSSR count). The summed E-state index contributed by atoms with van der Waals surface area (Å²) in [6.07, 6.45) is 1.24. The van der Waals surface area contributed by atoms with Crippen molar-refractivity contribution in [1.82, 2.24) is 4.90 Å². The fourth-order valence-electron chi connectivity index (χ4n) is 1.30. The average molecular weight is 129 g/mol. The van der Waals surface area contributed by atoms with Gasteiger partial charge in [-0.15, -0.1) is 0 Å². The molecule has 0 aliphatic carbocycles. The number of nitrogens with zero attached hydrogens (tertiary/aromatic N) is 1. The summed E-state index contributed by atoms with van der Waals surface area (Å²) in [5.74, 6) is 0.912. The molecule has 9 heavy (non-hydrogen) atoms. The molecule has 54 valence electrons. The predicted octanol–water partition coefficient (Wildman–Crippen LogP) is 0.585. The van der Waals surface area contributed by atoms with Gasteiger partial charge in [0.2, 0.25) is 0 Å². The lowest BCUT2D eigenvalue weighted by molar-refractivity contribution is 0.0912. The first-order chi connectivity index (χ1) is 4.33. The van der Waals surface area contributed by atoms with Gasteiger partial charge in [-0.05, 0) is 19.4 Å². The van der Waals surface area contributed by atoms with E-state index < -0.39 is 0 Å². The minimum absolute atomic E-state index is 0.912. The van der Waals surface area contributed by atoms with E-state index in [2.05, 4.69) is 11.9 Å². The summed E-state index contributed by atoms with van der Waals surface area (Å²) >= 11 is 0. The largest absolute Gasteiger partial charge is 0.385 e. The first kappa shape index (κ1) is 7.03. The van der Waals surface area contributed by atoms with Gasteiger partial charge in [0.15, 0.2) is 0 Å². The molecule has 0 aromatic heterocycles. The molecule has 0 aromatic carbocycles. The van der Waals surface area contributed by atoms with Crippen LogP contribution in [0, 0.1) is 5.92 Å². The molecule has 0 amide bonds. The first-order valence-corrected chi connectivity index (χ1v) is 3.50. The molecular formula is C7H15NO. The molecule has 1 fully saturated rings. The Hall–Kier alpha value is -0.0800. The highest BCUT2D eigenvalue weighted by Gasteiger charge is 2.21. The van der Waals surface area contributed by atoms with E-state index in [9.17, 15) is 0 Å². The van der Waals surface area contributed by atoms with Crippen LogP contribution in [-0.2, 0) is 4.74 Å². The van der Waals surface area contributed by atoms with Gasteiger partial charge in [-0.2, -0.15) is 0 Å². The van der Waals surface area contributed by atoms with Gasteiger partial charge in [-0.1, -0.05) is 0 Å². The summed E-state index contributed by atoms with van der Waals surface area (Å²) in [5.41, 5.74) is 0. The van der Waals surface area contributed by atoms with Gasteiger partial charge in [0, 0.05) is 26.8 Å². The lowest BCUT2D eigenvalue weighted by atomic mass is 9.98. The maximum absolute atomic E-state index is 4.96. The molecule has 1 saturated heterocycles. The molecule has 2 nitrogen and oxygen atoms in total. The van der Waals surface area contributed by atoms with Crippen LogP contribution in [0.1, 0.15) is 6.42 Å². The SMILES string of the molecule is COCCC1CN(C)C1. The van der Waals surface area contributed by atoms with Crippen LogP contribution in [0.5, 0.6) is 0 Å². The number of ether oxygens (including phenoxy) is 1. The predicted molar refractivity (Wildman–Crippen MR) is 37.5 cm³/mol. The highest BCUT2D eigenvalue weighted by Crippen LogP contribution is 2.15. The van der Waals surface area contributed by atoms with Crippen molar-refractivity contribution < 1.29 is 4.74 Å². The molecule has 0 radical (unpaired) electrons. The molecule has 2 heteroatoms. The average Bonchev–Trinajstić information content (AvgIpc) is 1.78. The lowest BCUT2D eigenvalue weighted by Gasteiger charge is -2.35. The summed E-state index contributed by atoms with van der Waals surface area (Å²) < 4.78 is 4.96. The van der Waals surface area contributed by atoms with Crippen molar-refractivity contribution in [2.75, 3.05) is 33.9 Å². The van der Waals surface area contributed by atoms with Crippen molar-refractivity contribution in [3.05, 3.63) is 0 Å². The Morgan fingerprint density at radius 1 is 1.56 bits per heavy atom. The third-order valence-electron chi connectivity index (χ3n) is 1.87. The van der Waals surface area contributed by atoms with Crippen LogP contribution in [0.4, 0.5) is 0 Å². The van der Waals surface area contributed by atoms with Gasteiger partial charge in [0.05, 0.1) is 0 Å². The second-order valence-electron chi connectivity index (χ2n) is 2.87. The van der Waals surface area contributed by atoms with Crippen LogP contribution < -0.4 is 0 Å². The summed E-state index contributed by atoms with van der Waals surface area (Å²) in [4.78, 5) is 2.33. The summed E-state index contributed by atoms with van der Waals surface area (Å²) in [5, 5.41) is 0. The zero-order chi connectivity index (χ0) is 6.69. The highest BCUT2D eigenvalue weighted by molar-refractivity contribution is 4.75. The maximum Gasteiger partial charge on any atom is 0.0465 e. The highest BCUT2D eigenvalue weighted by atomic mass is 16.5. The van der Waals surface area contributed by atoms with E-state index in [0.29, 0.717) is 0 Å². The molecule has 1 heterocycles. The molecule has 0 bridgehead atoms. The van der Waals surface area contributed by atoms with E-state index in [1.54, 1.807) is 7.11 Å². The van der Waals surface area contributed by atoms with Crippen LogP contribution >= 0.6 is 0 Å². The zero-order valence-electron chi connectivity index (χ0n) is 6.26. The van der Waals surface area contributed by atoms with Crippen molar-refractivity contribution in [2.45, 2.75) is 6.42 Å². The quantitative estimate of drug-likeness (QED) is 0.553. The van der Waals surface area contributed by atoms with E-state index in [-0.39, 0.29) is 0 Å². The Balaban J connectivity index is 1.91. The Kier molecular flexibility index (Phi) is 2.49. The smallest absolute Gasteiger partial charge is 0.0465 e. The van der Waals surface area contributed by atoms with Gasteiger partial charge >= 0.3 is 0 Å². The van der Waals surface area contributed by atoms with E-state index in [1.807, 2.05) is 0 Å². The first-order valence-electron chi connectivity index (χ1n) is 3.50. The van der Waals surface area contributed by atoms with Gasteiger partial charge < -0.3 is 9.64 Å². The molecule has 0 saturated carbocycles. The van der Waals surface area contributed by atoms with Crippen molar-refractivity contribution in [3.63, 3.8) is 0 Å². The number of hydrogen-bond acceptors (Lipinski definition) is 2. The minimum Gasteiger partial charge on any atom is -0.385 e. The second kappa shape index (κ2) is 3.18. The van der Waals surface area contributed by atoms with Crippen LogP contribution in [0.3, 0.4) is 0 Å². The molecule has 0 spiro atoms. The van der Waals surface area contributed by atoms with Gasteiger partial charge in [-0.3, -0.25) is 0 Å². The standard InChI is InChI=1S/C7H15NO/c1-8-5-7(6-8)3-4-9-2/h7H,3-6H2,1-2H3. The molecule has 0 unspecified atom stereocenters. The van der Waals surface area contributed by atoms with Gasteiger partial charge in [0.25, 0.3) is 0 Å². The number of rotatable bonds is 3. The molecular weight excluding hydrogens is 114 g/mol. The van der Waals surface area contributed by atoms with E-state index in [1.165, 1.54) is 19.5 Å². The maximum atomic E-state index is 4.96. The number of hydrogen-bond donors (Lipinski definition) is 0. The topological polar surface area (TPSA) is 12.5 Å². The fourth-order valence-corrected chi connectivity index (χ4v) is 1.30. The Morgan fingerprint density at radius 2 is 2.22 bits per heavy atom. The Bertz CT molecular complexity index is 79.0. The van der Waals surface area contributed by atoms with Gasteiger partial charge in [-0.25, -0.2) is 0 Å². The molecule has 0 N–H and O–H groups in total. The normalized spacial score (nSPS) is 22.0. The van der Waals surface area contributed by atoms with Crippen molar-refractivity contribution in [2.24, 2.45) is 5.92 Å². The lowest BCUT2D eigenvalue weighted by Crippen LogP contribution is -2.43. The molecule has 0 aromatic rings. The third kappa shape index (κ3) is 1.95. The fraction of sp³-hybridized carbons (Fsp3) is 1.00. The van der Waals surface area contributed by atoms with Crippen LogP contribution in [0.25, 0.3) is 0 Å². The summed E-state index contributed by atoms with van der Waals surface area (Å²) in [6.45, 7) is 3.46. The summed E-state index contributed by atoms with van der Waals surface area (Å²) in [7, 11) is 3.92. The van der Waals surface area contributed by atoms with Crippen molar-refractivity contribution in [1.29, 1.82) is 0 Å². The van der Waals surface area contributed by atoms with E-state index in [4.69, 9.17) is 4.74 Å². The monoisotopic (exact) mass is 129 g/mol. The van der Waals surface area contributed by atoms with Gasteiger partial charge in [0.1, 0.15) is 0 Å². The van der Waals surface area contributed by atoms with E-state index >= 15 is 0 Å². The van der Waals surface area contributed by atoms with E-state index in [0.717, 1.165) is 12.5 Å². The van der Waals surface area contributed by atoms with Crippen LogP contribution in [-0.4, -0.2) is 38.8 Å². The van der Waals surface area contributed by atoms with Crippen LogP contribution in [0.2, 0.25) is 0 Å². The Labute approximate surface area is 56.8 Å². The molecule has 1 aliphatic rings. The number of methoxy groups -OCH3 is 1. The van der Waals surface area contributed by atoms with Crippen molar-refractivity contribution in [3.8, 4) is 0 Å². The summed E-state index contributed by atoms with van der Waals surface area (Å²) in [6, 6.07) is 0. The second-order valence-corrected chi connectivity index (χ2v) is 2.87. The Morgan fingerprint density at radius 3 is 2.67 bits per heavy atom. The zero-order valence-corrected chi connectivity index (χ0v) is 6.26. The van der Waals surface area contributed by atoms with Crippen molar-refractivity contribution >= 4 is 0 Å². The number of likely N-dealkylation sites (tertiary alicyclic amines) is 1.